The van der Waals surface area contributed by atoms with Gasteiger partial charge in [0.15, 0.2) is 0 Å². The van der Waals surface area contributed by atoms with Gasteiger partial charge in [0, 0.05) is 18.8 Å². The topological polar surface area (TPSA) is 3.24 Å². The van der Waals surface area contributed by atoms with Crippen molar-refractivity contribution >= 4 is 5.70 Å². The van der Waals surface area contributed by atoms with Gasteiger partial charge < -0.3 is 4.90 Å². The number of rotatable bonds is 4. The van der Waals surface area contributed by atoms with Gasteiger partial charge in [-0.15, -0.1) is 0 Å². The van der Waals surface area contributed by atoms with Gasteiger partial charge in [-0.2, -0.15) is 0 Å². The van der Waals surface area contributed by atoms with E-state index in [0.29, 0.717) is 0 Å². The number of benzene rings is 1. The molecule has 1 aromatic carbocycles. The van der Waals surface area contributed by atoms with Crippen molar-refractivity contribution in [2.24, 2.45) is 5.92 Å². The average Bonchev–Trinajstić information content (AvgIpc) is 2.85. The third-order valence-corrected chi connectivity index (χ3v) is 3.61. The molecule has 0 unspecified atom stereocenters. The second kappa shape index (κ2) is 6.08. The predicted molar refractivity (Wildman–Crippen MR) is 79.4 cm³/mol. The van der Waals surface area contributed by atoms with Crippen molar-refractivity contribution in [1.82, 2.24) is 4.90 Å². The van der Waals surface area contributed by atoms with Gasteiger partial charge in [-0.05, 0) is 43.2 Å². The van der Waals surface area contributed by atoms with Gasteiger partial charge in [-0.3, -0.25) is 0 Å². The van der Waals surface area contributed by atoms with Gasteiger partial charge in [-0.25, -0.2) is 0 Å². The number of hydrogen-bond donors (Lipinski definition) is 0. The Hall–Kier alpha value is -1.24. The minimum atomic E-state index is 0.732. The van der Waals surface area contributed by atoms with Crippen LogP contribution in [0.5, 0.6) is 0 Å². The zero-order valence-corrected chi connectivity index (χ0v) is 11.9. The van der Waals surface area contributed by atoms with Crippen LogP contribution in [0.3, 0.4) is 0 Å². The normalized spacial score (nSPS) is 16.7. The van der Waals surface area contributed by atoms with Crippen LogP contribution in [0.2, 0.25) is 0 Å². The molecule has 1 aromatic rings. The fourth-order valence-electron chi connectivity index (χ4n) is 2.77. The maximum Gasteiger partial charge on any atom is 0.0396 e. The summed E-state index contributed by atoms with van der Waals surface area (Å²) in [5.74, 6) is 0.732. The molecule has 0 amide bonds. The largest absolute Gasteiger partial charge is 0.371 e. The van der Waals surface area contributed by atoms with Crippen LogP contribution in [-0.4, -0.2) is 18.0 Å². The third kappa shape index (κ3) is 3.16. The molecule has 1 fully saturated rings. The summed E-state index contributed by atoms with van der Waals surface area (Å²) >= 11 is 0. The number of likely N-dealkylation sites (tertiary alicyclic amines) is 1. The second-order valence-corrected chi connectivity index (χ2v) is 5.66. The van der Waals surface area contributed by atoms with E-state index >= 15 is 0 Å². The predicted octanol–water partition coefficient (Wildman–Crippen LogP) is 4.34. The van der Waals surface area contributed by atoms with Crippen LogP contribution in [0.25, 0.3) is 5.70 Å². The molecule has 2 rings (SSSR count). The Balaban J connectivity index is 2.12. The molecule has 0 saturated carbocycles. The van der Waals surface area contributed by atoms with Crippen LogP contribution in [0.1, 0.15) is 44.7 Å². The molecule has 0 N–H and O–H groups in total. The van der Waals surface area contributed by atoms with Crippen molar-refractivity contribution < 1.29 is 0 Å². The van der Waals surface area contributed by atoms with E-state index < -0.39 is 0 Å². The van der Waals surface area contributed by atoms with Crippen molar-refractivity contribution in [3.63, 3.8) is 0 Å². The minimum Gasteiger partial charge on any atom is -0.371 e. The summed E-state index contributed by atoms with van der Waals surface area (Å²) in [5, 5.41) is 0. The van der Waals surface area contributed by atoms with Crippen LogP contribution in [0.4, 0.5) is 0 Å². The first-order chi connectivity index (χ1) is 8.70. The highest BCUT2D eigenvalue weighted by atomic mass is 15.1. The highest BCUT2D eigenvalue weighted by Crippen LogP contribution is 2.24. The molecule has 0 aromatic heterocycles. The van der Waals surface area contributed by atoms with Gasteiger partial charge in [-0.1, -0.05) is 44.2 Å². The zero-order chi connectivity index (χ0) is 13.0. The highest BCUT2D eigenvalue weighted by molar-refractivity contribution is 5.64. The van der Waals surface area contributed by atoms with Gasteiger partial charge >= 0.3 is 0 Å². The summed E-state index contributed by atoms with van der Waals surface area (Å²) in [4.78, 5) is 2.51. The van der Waals surface area contributed by atoms with Crippen LogP contribution in [0, 0.1) is 5.92 Å². The molecule has 0 aliphatic carbocycles. The second-order valence-electron chi connectivity index (χ2n) is 5.66. The summed E-state index contributed by atoms with van der Waals surface area (Å²) in [6.07, 6.45) is 6.10. The van der Waals surface area contributed by atoms with Crippen LogP contribution < -0.4 is 0 Å². The summed E-state index contributed by atoms with van der Waals surface area (Å²) in [6.45, 7) is 9.13. The zero-order valence-electron chi connectivity index (χ0n) is 11.9. The lowest BCUT2D eigenvalue weighted by molar-refractivity contribution is 0.492. The van der Waals surface area contributed by atoms with Gasteiger partial charge in [0.25, 0.3) is 0 Å². The smallest absolute Gasteiger partial charge is 0.0396 e. The van der Waals surface area contributed by atoms with Crippen LogP contribution >= 0.6 is 0 Å². The first-order valence-corrected chi connectivity index (χ1v) is 7.21. The van der Waals surface area contributed by atoms with E-state index in [4.69, 9.17) is 0 Å². The molecule has 18 heavy (non-hydrogen) atoms. The molecule has 0 spiro atoms. The fourth-order valence-corrected chi connectivity index (χ4v) is 2.77. The van der Waals surface area contributed by atoms with E-state index in [2.05, 4.69) is 56.0 Å². The van der Waals surface area contributed by atoms with E-state index in [1.807, 2.05) is 0 Å². The van der Waals surface area contributed by atoms with Crippen molar-refractivity contribution in [3.05, 3.63) is 41.5 Å². The summed E-state index contributed by atoms with van der Waals surface area (Å²) in [6, 6.07) is 9.14. The van der Waals surface area contributed by atoms with Crippen molar-refractivity contribution in [2.75, 3.05) is 13.1 Å². The van der Waals surface area contributed by atoms with E-state index in [9.17, 15) is 0 Å². The van der Waals surface area contributed by atoms with E-state index in [0.717, 1.165) is 5.92 Å². The summed E-state index contributed by atoms with van der Waals surface area (Å²) < 4.78 is 0. The molecular formula is C17H25N. The molecule has 1 heterocycles. The Morgan fingerprint density at radius 3 is 2.28 bits per heavy atom. The Labute approximate surface area is 112 Å². The first kappa shape index (κ1) is 13.2. The van der Waals surface area contributed by atoms with Gasteiger partial charge in [0.1, 0.15) is 0 Å². The van der Waals surface area contributed by atoms with E-state index in [1.54, 1.807) is 0 Å². The van der Waals surface area contributed by atoms with Crippen LogP contribution in [0.15, 0.2) is 30.3 Å². The standard InChI is InChI=1S/C17H25N/c1-4-17(18-11-5-6-12-18)16-9-7-15(8-10-16)13-14(2)3/h4,7-10,14H,5-6,11-13H2,1-3H3. The lowest BCUT2D eigenvalue weighted by atomic mass is 10.0. The summed E-state index contributed by atoms with van der Waals surface area (Å²) in [7, 11) is 0. The number of nitrogens with zero attached hydrogens (tertiary/aromatic N) is 1. The monoisotopic (exact) mass is 243 g/mol. The minimum absolute atomic E-state index is 0.732. The van der Waals surface area contributed by atoms with E-state index in [-0.39, 0.29) is 0 Å². The van der Waals surface area contributed by atoms with Crippen molar-refractivity contribution in [2.45, 2.75) is 40.0 Å². The summed E-state index contributed by atoms with van der Waals surface area (Å²) in [5.41, 5.74) is 4.22. The number of allylic oxidation sites excluding steroid dienone is 1. The van der Waals surface area contributed by atoms with E-state index in [1.165, 1.54) is 49.2 Å². The van der Waals surface area contributed by atoms with Gasteiger partial charge in [0.05, 0.1) is 0 Å². The molecule has 1 aliphatic heterocycles. The average molecular weight is 243 g/mol. The lowest BCUT2D eigenvalue weighted by Crippen LogP contribution is -2.17. The molecule has 0 atom stereocenters. The fraction of sp³-hybridized carbons (Fsp3) is 0.529. The Morgan fingerprint density at radius 2 is 1.78 bits per heavy atom. The maximum atomic E-state index is 2.51. The number of hydrogen-bond acceptors (Lipinski definition) is 1. The molecular weight excluding hydrogens is 218 g/mol. The lowest BCUT2D eigenvalue weighted by Gasteiger charge is -2.22. The highest BCUT2D eigenvalue weighted by Gasteiger charge is 2.15. The van der Waals surface area contributed by atoms with Crippen molar-refractivity contribution in [3.8, 4) is 0 Å². The molecule has 0 bridgehead atoms. The molecule has 1 heteroatoms. The van der Waals surface area contributed by atoms with Crippen molar-refractivity contribution in [1.29, 1.82) is 0 Å². The quantitative estimate of drug-likeness (QED) is 0.760. The Bertz CT molecular complexity index is 394. The molecule has 1 nitrogen and oxygen atoms in total. The maximum absolute atomic E-state index is 2.51. The first-order valence-electron chi connectivity index (χ1n) is 7.21. The molecule has 98 valence electrons. The SMILES string of the molecule is CC=C(c1ccc(CC(C)C)cc1)N1CCCC1. The molecule has 0 radical (unpaired) electrons. The third-order valence-electron chi connectivity index (χ3n) is 3.61. The Morgan fingerprint density at radius 1 is 1.17 bits per heavy atom. The van der Waals surface area contributed by atoms with Crippen LogP contribution in [-0.2, 0) is 6.42 Å². The van der Waals surface area contributed by atoms with Gasteiger partial charge in [0.2, 0.25) is 0 Å². The Kier molecular flexibility index (Phi) is 4.46. The molecule has 1 aliphatic rings. The molecule has 1 saturated heterocycles.